The van der Waals surface area contributed by atoms with Gasteiger partial charge in [-0.05, 0) is 63.2 Å². The smallest absolute Gasteiger partial charge is 0.167 e. The molecule has 0 radical (unpaired) electrons. The van der Waals surface area contributed by atoms with Gasteiger partial charge in [0.15, 0.2) is 5.78 Å². The Morgan fingerprint density at radius 2 is 1.76 bits per heavy atom. The van der Waals surface area contributed by atoms with Crippen LogP contribution in [0, 0.1) is 11.3 Å². The monoisotopic (exact) mass is 294 g/mol. The Morgan fingerprint density at radius 3 is 2.29 bits per heavy atom. The topological polar surface area (TPSA) is 35.5 Å². The second-order valence-electron chi connectivity index (χ2n) is 8.30. The second kappa shape index (κ2) is 5.34. The van der Waals surface area contributed by atoms with E-state index in [1.54, 1.807) is 7.11 Å². The Balaban J connectivity index is 1.70. The molecule has 0 bridgehead atoms. The molecule has 2 aliphatic carbocycles. The van der Waals surface area contributed by atoms with E-state index in [1.165, 1.54) is 6.42 Å². The molecule has 0 aromatic rings. The van der Waals surface area contributed by atoms with Crippen LogP contribution in [-0.2, 0) is 14.3 Å². The molecule has 21 heavy (non-hydrogen) atoms. The van der Waals surface area contributed by atoms with Crippen LogP contribution >= 0.6 is 0 Å². The molecule has 0 N–H and O–H groups in total. The molecular formula is C18H30O3. The first-order chi connectivity index (χ1) is 9.90. The average molecular weight is 294 g/mol. The molecule has 3 fully saturated rings. The molecule has 0 aromatic carbocycles. The lowest BCUT2D eigenvalue weighted by molar-refractivity contribution is -0.173. The van der Waals surface area contributed by atoms with Gasteiger partial charge in [-0.3, -0.25) is 4.79 Å². The normalized spacial score (nSPS) is 33.4. The third-order valence-electron chi connectivity index (χ3n) is 6.38. The predicted octanol–water partition coefficient (Wildman–Crippen LogP) is 3.89. The van der Waals surface area contributed by atoms with Crippen LogP contribution in [0.4, 0.5) is 0 Å². The Labute approximate surface area is 128 Å². The zero-order valence-electron chi connectivity index (χ0n) is 13.9. The summed E-state index contributed by atoms with van der Waals surface area (Å²) in [5.41, 5.74) is -0.114. The molecule has 0 amide bonds. The molecular weight excluding hydrogens is 264 g/mol. The van der Waals surface area contributed by atoms with E-state index in [-0.39, 0.29) is 11.5 Å². The Kier molecular flexibility index (Phi) is 3.94. The zero-order chi connectivity index (χ0) is 15.1. The molecule has 3 aliphatic rings. The van der Waals surface area contributed by atoms with Crippen LogP contribution in [0.5, 0.6) is 0 Å². The van der Waals surface area contributed by atoms with Gasteiger partial charge in [0.25, 0.3) is 0 Å². The van der Waals surface area contributed by atoms with E-state index >= 15 is 0 Å². The fourth-order valence-electron chi connectivity index (χ4n) is 4.42. The lowest BCUT2D eigenvalue weighted by Crippen LogP contribution is -2.53. The number of ether oxygens (including phenoxy) is 2. The Bertz CT molecular complexity index is 399. The van der Waals surface area contributed by atoms with Crippen molar-refractivity contribution in [2.45, 2.75) is 82.8 Å². The molecule has 1 atom stereocenters. The van der Waals surface area contributed by atoms with E-state index in [0.717, 1.165) is 58.0 Å². The molecule has 2 saturated carbocycles. The quantitative estimate of drug-likeness (QED) is 0.792. The summed E-state index contributed by atoms with van der Waals surface area (Å²) in [6.45, 7) is 5.35. The summed E-state index contributed by atoms with van der Waals surface area (Å²) in [6.07, 6.45) is 9.30. The number of Topliss-reactive ketones (excluding diaryl/α,β-unsaturated/α-hetero) is 1. The molecule has 1 saturated heterocycles. The third-order valence-corrected chi connectivity index (χ3v) is 6.38. The number of ketones is 1. The summed E-state index contributed by atoms with van der Waals surface area (Å²) in [5.74, 6) is 0.523. The van der Waals surface area contributed by atoms with Gasteiger partial charge in [-0.2, -0.15) is 0 Å². The lowest BCUT2D eigenvalue weighted by atomic mass is 9.64. The number of rotatable bonds is 3. The summed E-state index contributed by atoms with van der Waals surface area (Å²) in [6, 6.07) is 0. The van der Waals surface area contributed by atoms with E-state index in [9.17, 15) is 4.79 Å². The van der Waals surface area contributed by atoms with E-state index < -0.39 is 5.60 Å². The summed E-state index contributed by atoms with van der Waals surface area (Å²) >= 11 is 0. The number of carbonyl (C=O) groups is 1. The van der Waals surface area contributed by atoms with Crippen LogP contribution in [0.2, 0.25) is 0 Å². The summed E-state index contributed by atoms with van der Waals surface area (Å²) < 4.78 is 11.8. The van der Waals surface area contributed by atoms with Crippen LogP contribution in [0.15, 0.2) is 0 Å². The molecule has 3 heteroatoms. The van der Waals surface area contributed by atoms with Crippen molar-refractivity contribution in [3.8, 4) is 0 Å². The second-order valence-corrected chi connectivity index (χ2v) is 8.30. The molecule has 120 valence electrons. The van der Waals surface area contributed by atoms with Crippen molar-refractivity contribution in [3.63, 3.8) is 0 Å². The van der Waals surface area contributed by atoms with Crippen molar-refractivity contribution >= 4 is 5.78 Å². The van der Waals surface area contributed by atoms with E-state index in [0.29, 0.717) is 11.2 Å². The maximum absolute atomic E-state index is 13.2. The van der Waals surface area contributed by atoms with Gasteiger partial charge in [0.1, 0.15) is 5.60 Å². The first kappa shape index (κ1) is 15.5. The largest absolute Gasteiger partial charge is 0.375 e. The molecule has 1 spiro atoms. The molecule has 3 rings (SSSR count). The van der Waals surface area contributed by atoms with E-state index in [1.807, 2.05) is 0 Å². The highest BCUT2D eigenvalue weighted by molar-refractivity contribution is 5.89. The maximum Gasteiger partial charge on any atom is 0.167 e. The van der Waals surface area contributed by atoms with Crippen LogP contribution in [0.3, 0.4) is 0 Å². The zero-order valence-corrected chi connectivity index (χ0v) is 13.9. The van der Waals surface area contributed by atoms with Gasteiger partial charge in [0.2, 0.25) is 0 Å². The highest BCUT2D eigenvalue weighted by Crippen LogP contribution is 2.48. The fourth-order valence-corrected chi connectivity index (χ4v) is 4.42. The van der Waals surface area contributed by atoms with Crippen molar-refractivity contribution in [2.75, 3.05) is 13.7 Å². The van der Waals surface area contributed by atoms with Gasteiger partial charge in [-0.15, -0.1) is 0 Å². The fraction of sp³-hybridized carbons (Fsp3) is 0.944. The summed E-state index contributed by atoms with van der Waals surface area (Å²) in [5, 5.41) is 0. The van der Waals surface area contributed by atoms with Crippen LogP contribution in [0.25, 0.3) is 0 Å². The van der Waals surface area contributed by atoms with Crippen molar-refractivity contribution in [1.82, 2.24) is 0 Å². The van der Waals surface area contributed by atoms with Gasteiger partial charge in [0, 0.05) is 19.6 Å². The molecule has 1 unspecified atom stereocenters. The Hall–Kier alpha value is -0.410. The number of methoxy groups -OCH3 is 1. The molecule has 0 aromatic heterocycles. The van der Waals surface area contributed by atoms with Gasteiger partial charge in [-0.1, -0.05) is 13.8 Å². The maximum atomic E-state index is 13.2. The van der Waals surface area contributed by atoms with E-state index in [2.05, 4.69) is 13.8 Å². The Morgan fingerprint density at radius 1 is 1.10 bits per heavy atom. The predicted molar refractivity (Wildman–Crippen MR) is 82.3 cm³/mol. The summed E-state index contributed by atoms with van der Waals surface area (Å²) in [7, 11) is 1.73. The molecule has 3 nitrogen and oxygen atoms in total. The lowest BCUT2D eigenvalue weighted by Gasteiger charge is -2.49. The highest BCUT2D eigenvalue weighted by atomic mass is 16.5. The van der Waals surface area contributed by atoms with Crippen LogP contribution in [0.1, 0.15) is 71.6 Å². The van der Waals surface area contributed by atoms with Gasteiger partial charge < -0.3 is 9.47 Å². The van der Waals surface area contributed by atoms with Crippen molar-refractivity contribution in [1.29, 1.82) is 0 Å². The number of hydrogen-bond acceptors (Lipinski definition) is 3. The first-order valence-electron chi connectivity index (χ1n) is 8.64. The van der Waals surface area contributed by atoms with Gasteiger partial charge in [0.05, 0.1) is 5.60 Å². The number of hydrogen-bond donors (Lipinski definition) is 0. The SMILES string of the molecule is COC1(C(=O)C2CCOC3(CCC3)C2)CCC(C)(C)CC1. The van der Waals surface area contributed by atoms with Gasteiger partial charge >= 0.3 is 0 Å². The molecule has 1 aliphatic heterocycles. The molecule has 1 heterocycles. The van der Waals surface area contributed by atoms with Crippen molar-refractivity contribution in [3.05, 3.63) is 0 Å². The first-order valence-corrected chi connectivity index (χ1v) is 8.64. The van der Waals surface area contributed by atoms with Crippen LogP contribution < -0.4 is 0 Å². The van der Waals surface area contributed by atoms with E-state index in [4.69, 9.17) is 9.47 Å². The number of carbonyl (C=O) groups excluding carboxylic acids is 1. The minimum Gasteiger partial charge on any atom is -0.375 e. The average Bonchev–Trinajstić information content (AvgIpc) is 2.46. The van der Waals surface area contributed by atoms with Crippen molar-refractivity contribution in [2.24, 2.45) is 11.3 Å². The van der Waals surface area contributed by atoms with Gasteiger partial charge in [-0.25, -0.2) is 0 Å². The van der Waals surface area contributed by atoms with Crippen LogP contribution in [-0.4, -0.2) is 30.7 Å². The minimum atomic E-state index is -0.511. The summed E-state index contributed by atoms with van der Waals surface area (Å²) in [4.78, 5) is 13.2. The minimum absolute atomic E-state index is 0.0431. The third kappa shape index (κ3) is 2.79. The highest BCUT2D eigenvalue weighted by Gasteiger charge is 2.50. The standard InChI is InChI=1S/C18H30O3/c1-16(2)8-10-18(20-3,11-9-16)15(19)14-5-12-21-17(13-14)6-4-7-17/h14H,4-13H2,1-3H3. The van der Waals surface area contributed by atoms with Crippen molar-refractivity contribution < 1.29 is 14.3 Å².